The average Bonchev–Trinajstić information content (AvgIpc) is 2.65. The van der Waals surface area contributed by atoms with Crippen LogP contribution in [0.3, 0.4) is 0 Å². The summed E-state index contributed by atoms with van der Waals surface area (Å²) in [6.45, 7) is 6.72. The molecule has 0 spiro atoms. The molecule has 0 saturated carbocycles. The standard InChI is InChI=1S/C24H51O2P/c1-4-7-10-13-16-19-22-24(21-18-15-12-9-6-3)27(25,26)23-20-17-14-11-8-5-2/h24H,4-23H2,1-3H3,(H,25,26). The predicted molar refractivity (Wildman–Crippen MR) is 123 cm³/mol. The summed E-state index contributed by atoms with van der Waals surface area (Å²) < 4.78 is 13.0. The highest BCUT2D eigenvalue weighted by atomic mass is 31.2. The Balaban J connectivity index is 4.25. The van der Waals surface area contributed by atoms with Gasteiger partial charge < -0.3 is 4.89 Å². The summed E-state index contributed by atoms with van der Waals surface area (Å²) in [7, 11) is -2.98. The second-order valence-corrected chi connectivity index (χ2v) is 11.3. The normalized spacial score (nSPS) is 15.0. The molecule has 0 heterocycles. The van der Waals surface area contributed by atoms with Crippen molar-refractivity contribution in [2.45, 2.75) is 148 Å². The van der Waals surface area contributed by atoms with E-state index in [0.717, 1.165) is 38.5 Å². The van der Waals surface area contributed by atoms with Crippen LogP contribution in [0.1, 0.15) is 143 Å². The van der Waals surface area contributed by atoms with E-state index in [4.69, 9.17) is 0 Å². The minimum absolute atomic E-state index is 0.0703. The Morgan fingerprint density at radius 3 is 1.30 bits per heavy atom. The van der Waals surface area contributed by atoms with Crippen molar-refractivity contribution in [3.63, 3.8) is 0 Å². The van der Waals surface area contributed by atoms with Crippen LogP contribution in [-0.4, -0.2) is 16.7 Å². The SMILES string of the molecule is CCCCCCCCC(CCCCCCC)P(=O)(O)CCCCCCCC. The van der Waals surface area contributed by atoms with Crippen molar-refractivity contribution >= 4 is 7.37 Å². The highest BCUT2D eigenvalue weighted by molar-refractivity contribution is 7.58. The second-order valence-electron chi connectivity index (χ2n) is 8.66. The summed E-state index contributed by atoms with van der Waals surface area (Å²) in [6.07, 6.45) is 23.5. The molecule has 0 bridgehead atoms. The molecule has 2 unspecified atom stereocenters. The molecular formula is C24H51O2P. The molecule has 0 aliphatic rings. The molecule has 0 radical (unpaired) electrons. The van der Waals surface area contributed by atoms with E-state index in [9.17, 15) is 9.46 Å². The molecule has 0 saturated heterocycles. The first-order valence-corrected chi connectivity index (χ1v) is 14.3. The molecule has 1 N–H and O–H groups in total. The first-order chi connectivity index (χ1) is 13.1. The molecule has 27 heavy (non-hydrogen) atoms. The monoisotopic (exact) mass is 402 g/mol. The number of hydrogen-bond donors (Lipinski definition) is 1. The van der Waals surface area contributed by atoms with E-state index in [-0.39, 0.29) is 5.66 Å². The van der Waals surface area contributed by atoms with Crippen LogP contribution in [-0.2, 0) is 4.57 Å². The zero-order valence-electron chi connectivity index (χ0n) is 19.0. The molecule has 2 nitrogen and oxygen atoms in total. The molecule has 0 fully saturated rings. The van der Waals surface area contributed by atoms with Gasteiger partial charge in [-0.1, -0.05) is 124 Å². The van der Waals surface area contributed by atoms with Gasteiger partial charge >= 0.3 is 0 Å². The van der Waals surface area contributed by atoms with Crippen LogP contribution >= 0.6 is 7.37 Å². The Bertz CT molecular complexity index is 343. The molecule has 0 aromatic carbocycles. The fourth-order valence-electron chi connectivity index (χ4n) is 3.99. The molecule has 3 heteroatoms. The highest BCUT2D eigenvalue weighted by Crippen LogP contribution is 2.51. The predicted octanol–water partition coefficient (Wildman–Crippen LogP) is 9.10. The van der Waals surface area contributed by atoms with Crippen molar-refractivity contribution in [1.82, 2.24) is 0 Å². The van der Waals surface area contributed by atoms with Gasteiger partial charge in [0.25, 0.3) is 0 Å². The van der Waals surface area contributed by atoms with Crippen molar-refractivity contribution in [3.05, 3.63) is 0 Å². The van der Waals surface area contributed by atoms with Crippen molar-refractivity contribution in [1.29, 1.82) is 0 Å². The lowest BCUT2D eigenvalue weighted by molar-refractivity contribution is 0.435. The first kappa shape index (κ1) is 27.2. The Morgan fingerprint density at radius 1 is 0.556 bits per heavy atom. The summed E-state index contributed by atoms with van der Waals surface area (Å²) >= 11 is 0. The van der Waals surface area contributed by atoms with Crippen LogP contribution in [0.25, 0.3) is 0 Å². The minimum Gasteiger partial charge on any atom is -0.344 e. The summed E-state index contributed by atoms with van der Waals surface area (Å²) in [4.78, 5) is 10.8. The van der Waals surface area contributed by atoms with Gasteiger partial charge in [0.1, 0.15) is 0 Å². The molecule has 0 aromatic rings. The summed E-state index contributed by atoms with van der Waals surface area (Å²) in [5.74, 6) is 0. The highest BCUT2D eigenvalue weighted by Gasteiger charge is 2.29. The fraction of sp³-hybridized carbons (Fsp3) is 1.00. The lowest BCUT2D eigenvalue weighted by atomic mass is 10.0. The van der Waals surface area contributed by atoms with Crippen molar-refractivity contribution < 1.29 is 9.46 Å². The smallest absolute Gasteiger partial charge is 0.203 e. The van der Waals surface area contributed by atoms with Gasteiger partial charge in [-0.3, -0.25) is 4.57 Å². The van der Waals surface area contributed by atoms with Gasteiger partial charge in [0, 0.05) is 11.8 Å². The third-order valence-electron chi connectivity index (χ3n) is 5.93. The molecule has 0 rings (SSSR count). The average molecular weight is 403 g/mol. The lowest BCUT2D eigenvalue weighted by Gasteiger charge is -2.23. The fourth-order valence-corrected chi connectivity index (χ4v) is 6.21. The first-order valence-electron chi connectivity index (χ1n) is 12.4. The van der Waals surface area contributed by atoms with Crippen molar-refractivity contribution in [2.75, 3.05) is 6.16 Å². The van der Waals surface area contributed by atoms with E-state index in [1.807, 2.05) is 0 Å². The maximum absolute atomic E-state index is 13.0. The van der Waals surface area contributed by atoms with Crippen LogP contribution in [0.4, 0.5) is 0 Å². The largest absolute Gasteiger partial charge is 0.344 e. The second kappa shape index (κ2) is 19.5. The number of unbranched alkanes of at least 4 members (excludes halogenated alkanes) is 14. The van der Waals surface area contributed by atoms with E-state index in [0.29, 0.717) is 6.16 Å². The van der Waals surface area contributed by atoms with Crippen LogP contribution in [0.15, 0.2) is 0 Å². The topological polar surface area (TPSA) is 37.3 Å². The van der Waals surface area contributed by atoms with Gasteiger partial charge in [-0.2, -0.15) is 0 Å². The summed E-state index contributed by atoms with van der Waals surface area (Å²) in [5, 5.41) is 0. The number of rotatable bonds is 21. The van der Waals surface area contributed by atoms with E-state index >= 15 is 0 Å². The van der Waals surface area contributed by atoms with Gasteiger partial charge in [-0.25, -0.2) is 0 Å². The molecular weight excluding hydrogens is 351 g/mol. The van der Waals surface area contributed by atoms with Crippen LogP contribution in [0.2, 0.25) is 0 Å². The van der Waals surface area contributed by atoms with E-state index in [1.165, 1.54) is 83.5 Å². The zero-order valence-corrected chi connectivity index (χ0v) is 19.9. The molecule has 0 aliphatic heterocycles. The Labute approximate surface area is 171 Å². The third-order valence-corrected chi connectivity index (χ3v) is 8.55. The Morgan fingerprint density at radius 2 is 0.889 bits per heavy atom. The van der Waals surface area contributed by atoms with E-state index in [1.54, 1.807) is 0 Å². The van der Waals surface area contributed by atoms with Gasteiger partial charge in [0.05, 0.1) is 0 Å². The van der Waals surface area contributed by atoms with Crippen LogP contribution < -0.4 is 0 Å². The quantitative estimate of drug-likeness (QED) is 0.153. The molecule has 0 aromatic heterocycles. The number of hydrogen-bond acceptors (Lipinski definition) is 1. The van der Waals surface area contributed by atoms with Crippen LogP contribution in [0.5, 0.6) is 0 Å². The molecule has 0 aliphatic carbocycles. The van der Waals surface area contributed by atoms with Crippen LogP contribution in [0, 0.1) is 0 Å². The Hall–Kier alpha value is 0.190. The van der Waals surface area contributed by atoms with Gasteiger partial charge in [-0.15, -0.1) is 0 Å². The van der Waals surface area contributed by atoms with Crippen molar-refractivity contribution in [2.24, 2.45) is 0 Å². The van der Waals surface area contributed by atoms with Gasteiger partial charge in [0.2, 0.25) is 7.37 Å². The van der Waals surface area contributed by atoms with E-state index in [2.05, 4.69) is 20.8 Å². The van der Waals surface area contributed by atoms with Crippen molar-refractivity contribution in [3.8, 4) is 0 Å². The van der Waals surface area contributed by atoms with Gasteiger partial charge in [0.15, 0.2) is 0 Å². The maximum atomic E-state index is 13.0. The van der Waals surface area contributed by atoms with E-state index < -0.39 is 7.37 Å². The third kappa shape index (κ3) is 16.8. The summed E-state index contributed by atoms with van der Waals surface area (Å²) in [5.41, 5.74) is 0.0703. The molecule has 164 valence electrons. The molecule has 0 amide bonds. The lowest BCUT2D eigenvalue weighted by Crippen LogP contribution is -2.12. The summed E-state index contributed by atoms with van der Waals surface area (Å²) in [6, 6.07) is 0. The maximum Gasteiger partial charge on any atom is 0.203 e. The van der Waals surface area contributed by atoms with Gasteiger partial charge in [-0.05, 0) is 19.3 Å². The molecule has 2 atom stereocenters. The zero-order chi connectivity index (χ0) is 20.2. The minimum atomic E-state index is -2.98. The Kier molecular flexibility index (Phi) is 19.6.